The Labute approximate surface area is 243 Å². The molecule has 0 saturated carbocycles. The van der Waals surface area contributed by atoms with Gasteiger partial charge in [0.2, 0.25) is 17.8 Å². The molecule has 40 heavy (non-hydrogen) atoms. The molecule has 0 fully saturated rings. The third-order valence-electron chi connectivity index (χ3n) is 3.65. The summed E-state index contributed by atoms with van der Waals surface area (Å²) in [6.45, 7) is 23.4. The van der Waals surface area contributed by atoms with Crippen molar-refractivity contribution in [3.8, 4) is 0 Å². The zero-order valence-electron chi connectivity index (χ0n) is 27.5. The highest BCUT2D eigenvalue weighted by Crippen LogP contribution is 1.92. The summed E-state index contributed by atoms with van der Waals surface area (Å²) in [5.74, 6) is 1.07. The van der Waals surface area contributed by atoms with E-state index in [1.807, 2.05) is 54.5 Å². The number of aliphatic hydroxyl groups excluding tert-OH is 2. The summed E-state index contributed by atoms with van der Waals surface area (Å²) in [6, 6.07) is 0.275. The molecule has 1 heterocycles. The van der Waals surface area contributed by atoms with E-state index in [0.717, 1.165) is 38.8 Å². The SMILES string of the molecule is CC(=O)NC(C)C.CC=CC(C)O.CCCC(C)=O.CCCC(C)O.CCNC(C)=O.CCNc1nnnn1C. The van der Waals surface area contributed by atoms with Crippen LogP contribution < -0.4 is 16.0 Å². The lowest BCUT2D eigenvalue weighted by molar-refractivity contribution is -0.120. The number of amides is 2. The second-order valence-corrected chi connectivity index (χ2v) is 8.95. The molecule has 2 atom stereocenters. The van der Waals surface area contributed by atoms with E-state index in [9.17, 15) is 14.4 Å². The number of hydrogen-bond donors (Lipinski definition) is 5. The Morgan fingerprint density at radius 3 is 1.57 bits per heavy atom. The monoisotopic (exact) mass is 575 g/mol. The van der Waals surface area contributed by atoms with Crippen LogP contribution in [0.5, 0.6) is 0 Å². The van der Waals surface area contributed by atoms with Gasteiger partial charge < -0.3 is 31.0 Å². The maximum Gasteiger partial charge on any atom is 0.242 e. The van der Waals surface area contributed by atoms with Crippen LogP contribution in [0.3, 0.4) is 0 Å². The number of carbonyl (C=O) groups is 3. The lowest BCUT2D eigenvalue weighted by Gasteiger charge is -2.02. The fraction of sp³-hybridized carbons (Fsp3) is 0.786. The molecule has 0 spiro atoms. The topological polar surface area (TPSA) is 171 Å². The quantitative estimate of drug-likeness (QED) is 0.275. The maximum atomic E-state index is 10.1. The number of aromatic nitrogens is 4. The highest BCUT2D eigenvalue weighted by molar-refractivity contribution is 5.75. The minimum atomic E-state index is -0.282. The molecule has 12 nitrogen and oxygen atoms in total. The lowest BCUT2D eigenvalue weighted by atomic mass is 10.2. The van der Waals surface area contributed by atoms with Crippen molar-refractivity contribution in [2.75, 3.05) is 18.4 Å². The first-order valence-electron chi connectivity index (χ1n) is 14.0. The average molecular weight is 576 g/mol. The molecule has 0 aromatic carbocycles. The van der Waals surface area contributed by atoms with Crippen molar-refractivity contribution < 1.29 is 24.6 Å². The molecule has 2 unspecified atom stereocenters. The van der Waals surface area contributed by atoms with Crippen LogP contribution in [-0.4, -0.2) is 79.4 Å². The third-order valence-corrected chi connectivity index (χ3v) is 3.65. The lowest BCUT2D eigenvalue weighted by Crippen LogP contribution is -2.27. The molecule has 0 aliphatic carbocycles. The van der Waals surface area contributed by atoms with Crippen molar-refractivity contribution in [1.82, 2.24) is 30.8 Å². The molecule has 1 rings (SSSR count). The largest absolute Gasteiger partial charge is 0.393 e. The first kappa shape index (κ1) is 47.0. The molecular formula is C28H61N7O5. The Bertz CT molecular complexity index is 706. The molecule has 0 bridgehead atoms. The molecule has 0 saturated heterocycles. The zero-order chi connectivity index (χ0) is 32.5. The van der Waals surface area contributed by atoms with Crippen LogP contribution in [0, 0.1) is 0 Å². The summed E-state index contributed by atoms with van der Waals surface area (Å²) in [7, 11) is 1.79. The van der Waals surface area contributed by atoms with E-state index in [-0.39, 0.29) is 35.8 Å². The molecule has 238 valence electrons. The van der Waals surface area contributed by atoms with E-state index in [2.05, 4.69) is 38.4 Å². The standard InChI is InChI=1S/C5H11NO.C5H12O.2C5H10O.C4H9N5.C4H9NO/c1-4(2)6-5(3)7;3*1-3-4-5(2)6;1-3-5-4-6-7-8-9(4)2;1-3-5-4(2)6/h4H,1-3H3,(H,6,7);5-6H,3-4H2,1-2H3;3-4H2,1-2H3;3-6H,1-2H3;3H2,1-2H3,(H,5,6,8);3H2,1-2H3,(H,5,6). The summed E-state index contributed by atoms with van der Waals surface area (Å²) in [5, 5.41) is 36.0. The molecule has 2 amide bonds. The van der Waals surface area contributed by atoms with E-state index in [1.54, 1.807) is 31.7 Å². The van der Waals surface area contributed by atoms with E-state index in [0.29, 0.717) is 5.95 Å². The second kappa shape index (κ2) is 36.1. The molecule has 5 N–H and O–H groups in total. The fourth-order valence-electron chi connectivity index (χ4n) is 2.24. The van der Waals surface area contributed by atoms with Crippen molar-refractivity contribution >= 4 is 23.5 Å². The van der Waals surface area contributed by atoms with E-state index >= 15 is 0 Å². The summed E-state index contributed by atoms with van der Waals surface area (Å²) in [4.78, 5) is 30.1. The number of hydrogen-bond acceptors (Lipinski definition) is 9. The van der Waals surface area contributed by atoms with Gasteiger partial charge in [-0.2, -0.15) is 0 Å². The molecule has 0 aliphatic heterocycles. The Kier molecular flexibility index (Phi) is 42.4. The number of ketones is 1. The summed E-state index contributed by atoms with van der Waals surface area (Å²) >= 11 is 0. The number of anilines is 1. The summed E-state index contributed by atoms with van der Waals surface area (Å²) in [6.07, 6.45) is 6.89. The second-order valence-electron chi connectivity index (χ2n) is 8.95. The first-order chi connectivity index (χ1) is 18.5. The normalized spacial score (nSPS) is 10.7. The number of allylic oxidation sites excluding steroid dienone is 1. The van der Waals surface area contributed by atoms with Crippen molar-refractivity contribution in [3.05, 3.63) is 12.2 Å². The van der Waals surface area contributed by atoms with Crippen molar-refractivity contribution in [3.63, 3.8) is 0 Å². The number of Topliss-reactive ketones (excluding diaryl/α,β-unsaturated/α-hetero) is 1. The van der Waals surface area contributed by atoms with Crippen LogP contribution in [0.4, 0.5) is 5.95 Å². The Morgan fingerprint density at radius 1 is 0.925 bits per heavy atom. The van der Waals surface area contributed by atoms with Gasteiger partial charge in [0.1, 0.15) is 5.78 Å². The number of carbonyl (C=O) groups excluding carboxylic acids is 3. The van der Waals surface area contributed by atoms with Gasteiger partial charge in [0.05, 0.1) is 12.2 Å². The third kappa shape index (κ3) is 59.9. The molecule has 1 aromatic rings. The van der Waals surface area contributed by atoms with Gasteiger partial charge in [0, 0.05) is 46.4 Å². The van der Waals surface area contributed by atoms with Crippen LogP contribution >= 0.6 is 0 Å². The summed E-state index contributed by atoms with van der Waals surface area (Å²) < 4.78 is 1.59. The van der Waals surface area contributed by atoms with E-state index in [4.69, 9.17) is 10.2 Å². The van der Waals surface area contributed by atoms with Gasteiger partial charge in [0.15, 0.2) is 0 Å². The smallest absolute Gasteiger partial charge is 0.242 e. The van der Waals surface area contributed by atoms with Crippen LogP contribution in [-0.2, 0) is 21.4 Å². The van der Waals surface area contributed by atoms with Gasteiger partial charge in [-0.3, -0.25) is 9.59 Å². The van der Waals surface area contributed by atoms with E-state index in [1.165, 1.54) is 13.8 Å². The first-order valence-corrected chi connectivity index (χ1v) is 14.0. The minimum absolute atomic E-state index is 0.0370. The zero-order valence-corrected chi connectivity index (χ0v) is 27.5. The number of nitrogens with one attached hydrogen (secondary N) is 3. The van der Waals surface area contributed by atoms with Crippen LogP contribution in [0.2, 0.25) is 0 Å². The number of tetrazole rings is 1. The highest BCUT2D eigenvalue weighted by Gasteiger charge is 1.95. The molecule has 0 radical (unpaired) electrons. The van der Waals surface area contributed by atoms with Gasteiger partial charge in [-0.1, -0.05) is 37.5 Å². The minimum Gasteiger partial charge on any atom is -0.393 e. The van der Waals surface area contributed by atoms with Gasteiger partial charge in [-0.25, -0.2) is 4.68 Å². The molecule has 12 heteroatoms. The van der Waals surface area contributed by atoms with Crippen molar-refractivity contribution in [2.45, 2.75) is 127 Å². The number of aryl methyl sites for hydroxylation is 1. The summed E-state index contributed by atoms with van der Waals surface area (Å²) in [5.41, 5.74) is 0. The average Bonchev–Trinajstić information content (AvgIpc) is 3.19. The van der Waals surface area contributed by atoms with E-state index < -0.39 is 0 Å². The number of nitrogens with zero attached hydrogens (tertiary/aromatic N) is 4. The Balaban J connectivity index is -0.000000124. The van der Waals surface area contributed by atoms with Gasteiger partial charge in [-0.05, 0) is 78.7 Å². The van der Waals surface area contributed by atoms with Gasteiger partial charge in [0.25, 0.3) is 0 Å². The van der Waals surface area contributed by atoms with Crippen LogP contribution in [0.1, 0.15) is 109 Å². The fourth-order valence-corrected chi connectivity index (χ4v) is 2.24. The van der Waals surface area contributed by atoms with Crippen LogP contribution in [0.15, 0.2) is 12.2 Å². The predicted molar refractivity (Wildman–Crippen MR) is 165 cm³/mol. The van der Waals surface area contributed by atoms with Crippen molar-refractivity contribution in [2.24, 2.45) is 7.05 Å². The van der Waals surface area contributed by atoms with Gasteiger partial charge in [-0.15, -0.1) is 0 Å². The predicted octanol–water partition coefficient (Wildman–Crippen LogP) is 3.80. The Hall–Kier alpha value is -2.86. The maximum absolute atomic E-state index is 10.1. The van der Waals surface area contributed by atoms with Gasteiger partial charge >= 0.3 is 0 Å². The number of aliphatic hydroxyl groups is 2. The van der Waals surface area contributed by atoms with Crippen LogP contribution in [0.25, 0.3) is 0 Å². The molecule has 0 aliphatic rings. The highest BCUT2D eigenvalue weighted by atomic mass is 16.3. The number of rotatable bonds is 9. The Morgan fingerprint density at radius 2 is 1.48 bits per heavy atom. The molecular weight excluding hydrogens is 514 g/mol. The molecule has 1 aromatic heterocycles. The van der Waals surface area contributed by atoms with Crippen molar-refractivity contribution in [1.29, 1.82) is 0 Å².